The monoisotopic (exact) mass is 334 g/mol. The maximum atomic E-state index is 12.6. The van der Waals surface area contributed by atoms with E-state index in [0.717, 1.165) is 50.9 Å². The number of aromatic nitrogens is 2. The van der Waals surface area contributed by atoms with Gasteiger partial charge >= 0.3 is 0 Å². The molecule has 24 heavy (non-hydrogen) atoms. The molecule has 3 heterocycles. The molecule has 0 aliphatic carbocycles. The molecule has 3 rings (SSSR count). The Balaban J connectivity index is 1.59. The molecule has 1 aromatic heterocycles. The molecule has 0 aromatic carbocycles. The summed E-state index contributed by atoms with van der Waals surface area (Å²) in [4.78, 5) is 31.1. The Kier molecular flexibility index (Phi) is 5.50. The Labute approximate surface area is 142 Å². The molecule has 1 unspecified atom stereocenters. The lowest BCUT2D eigenvalue weighted by atomic mass is 9.95. The highest BCUT2D eigenvalue weighted by Gasteiger charge is 2.31. The van der Waals surface area contributed by atoms with Crippen molar-refractivity contribution < 1.29 is 14.3 Å². The summed E-state index contributed by atoms with van der Waals surface area (Å²) in [5.74, 6) is 0.143. The number of hydrogen-bond donors (Lipinski definition) is 1. The number of nitrogens with one attached hydrogen (secondary N) is 1. The Morgan fingerprint density at radius 3 is 2.92 bits per heavy atom. The van der Waals surface area contributed by atoms with Crippen LogP contribution in [0.25, 0.3) is 0 Å². The van der Waals surface area contributed by atoms with Crippen molar-refractivity contribution in [3.05, 3.63) is 17.7 Å². The Hall–Kier alpha value is -1.89. The van der Waals surface area contributed by atoms with Crippen LogP contribution in [0.2, 0.25) is 0 Å². The number of amides is 2. The molecule has 0 spiro atoms. The van der Waals surface area contributed by atoms with Gasteiger partial charge in [0, 0.05) is 39.9 Å². The van der Waals surface area contributed by atoms with Crippen molar-refractivity contribution in [1.29, 1.82) is 0 Å². The zero-order valence-electron chi connectivity index (χ0n) is 14.3. The fraction of sp³-hybridized carbons (Fsp3) is 0.706. The van der Waals surface area contributed by atoms with Crippen molar-refractivity contribution in [3.63, 3.8) is 0 Å². The van der Waals surface area contributed by atoms with Gasteiger partial charge in [-0.05, 0) is 32.1 Å². The maximum Gasteiger partial charge on any atom is 0.271 e. The first-order chi connectivity index (χ1) is 11.7. The van der Waals surface area contributed by atoms with Gasteiger partial charge in [-0.25, -0.2) is 4.98 Å². The summed E-state index contributed by atoms with van der Waals surface area (Å²) in [6.45, 7) is 3.62. The minimum absolute atomic E-state index is 0.0161. The molecule has 2 aliphatic heterocycles. The predicted molar refractivity (Wildman–Crippen MR) is 88.7 cm³/mol. The fourth-order valence-corrected chi connectivity index (χ4v) is 3.56. The summed E-state index contributed by atoms with van der Waals surface area (Å²) in [6.07, 6.45) is 6.23. The van der Waals surface area contributed by atoms with Gasteiger partial charge in [-0.2, -0.15) is 0 Å². The normalized spacial score (nSPS) is 20.0. The van der Waals surface area contributed by atoms with E-state index >= 15 is 0 Å². The van der Waals surface area contributed by atoms with E-state index in [1.165, 1.54) is 0 Å². The highest BCUT2D eigenvalue weighted by molar-refractivity contribution is 5.93. The molecule has 7 heteroatoms. The first kappa shape index (κ1) is 17.0. The zero-order valence-corrected chi connectivity index (χ0v) is 14.3. The van der Waals surface area contributed by atoms with Crippen molar-refractivity contribution in [1.82, 2.24) is 19.8 Å². The lowest BCUT2D eigenvalue weighted by Crippen LogP contribution is -2.38. The van der Waals surface area contributed by atoms with Gasteiger partial charge in [-0.1, -0.05) is 0 Å². The molecule has 0 radical (unpaired) electrons. The smallest absolute Gasteiger partial charge is 0.271 e. The minimum Gasteiger partial charge on any atom is -0.385 e. The van der Waals surface area contributed by atoms with Crippen LogP contribution < -0.4 is 5.32 Å². The Bertz CT molecular complexity index is 593. The third-order valence-corrected chi connectivity index (χ3v) is 4.89. The third-order valence-electron chi connectivity index (χ3n) is 4.89. The summed E-state index contributed by atoms with van der Waals surface area (Å²) < 4.78 is 6.95. The second kappa shape index (κ2) is 7.79. The molecule has 2 amide bonds. The number of ether oxygens (including phenoxy) is 1. The van der Waals surface area contributed by atoms with E-state index in [1.807, 2.05) is 9.47 Å². The number of rotatable bonds is 6. The molecule has 1 atom stereocenters. The van der Waals surface area contributed by atoms with Crippen LogP contribution in [0.4, 0.5) is 0 Å². The molecule has 0 saturated carbocycles. The summed E-state index contributed by atoms with van der Waals surface area (Å²) in [5, 5.41) is 2.88. The van der Waals surface area contributed by atoms with Crippen LogP contribution >= 0.6 is 0 Å². The van der Waals surface area contributed by atoms with Crippen LogP contribution in [-0.2, 0) is 22.5 Å². The van der Waals surface area contributed by atoms with E-state index in [1.54, 1.807) is 13.4 Å². The number of likely N-dealkylation sites (tertiary alicyclic amines) is 1. The standard InChI is InChI=1S/C17H26N4O3/c1-24-10-4-7-18-16(22)15-14-6-5-13(11-21(14)12-19-15)17(23)20-8-2-3-9-20/h12-13H,2-11H2,1H3,(H,18,22). The van der Waals surface area contributed by atoms with Gasteiger partial charge in [-0.15, -0.1) is 0 Å². The third kappa shape index (κ3) is 3.61. The van der Waals surface area contributed by atoms with Gasteiger partial charge in [0.2, 0.25) is 5.91 Å². The number of hydrogen-bond acceptors (Lipinski definition) is 4. The zero-order chi connectivity index (χ0) is 16.9. The number of nitrogens with zero attached hydrogens (tertiary/aromatic N) is 3. The number of fused-ring (bicyclic) bond motifs is 1. The SMILES string of the molecule is COCCCNC(=O)c1ncn2c1CCC(C(=O)N1CCCC1)C2. The number of imidazole rings is 1. The second-order valence-corrected chi connectivity index (χ2v) is 6.56. The molecular formula is C17H26N4O3. The quantitative estimate of drug-likeness (QED) is 0.782. The molecule has 0 bridgehead atoms. The van der Waals surface area contributed by atoms with E-state index in [2.05, 4.69) is 10.3 Å². The Morgan fingerprint density at radius 2 is 2.17 bits per heavy atom. The second-order valence-electron chi connectivity index (χ2n) is 6.56. The van der Waals surface area contributed by atoms with Crippen molar-refractivity contribution in [3.8, 4) is 0 Å². The lowest BCUT2D eigenvalue weighted by Gasteiger charge is -2.27. The molecule has 7 nitrogen and oxygen atoms in total. The van der Waals surface area contributed by atoms with Crippen LogP contribution in [0.5, 0.6) is 0 Å². The fourth-order valence-electron chi connectivity index (χ4n) is 3.56. The topological polar surface area (TPSA) is 76.5 Å². The largest absolute Gasteiger partial charge is 0.385 e. The lowest BCUT2D eigenvalue weighted by molar-refractivity contribution is -0.135. The first-order valence-electron chi connectivity index (χ1n) is 8.80. The molecular weight excluding hydrogens is 308 g/mol. The van der Waals surface area contributed by atoms with E-state index in [-0.39, 0.29) is 17.7 Å². The van der Waals surface area contributed by atoms with E-state index in [9.17, 15) is 9.59 Å². The summed E-state index contributed by atoms with van der Waals surface area (Å²) in [7, 11) is 1.65. The molecule has 1 aromatic rings. The number of methoxy groups -OCH3 is 1. The molecule has 132 valence electrons. The van der Waals surface area contributed by atoms with Crippen LogP contribution in [0.15, 0.2) is 6.33 Å². The van der Waals surface area contributed by atoms with E-state index in [0.29, 0.717) is 25.4 Å². The van der Waals surface area contributed by atoms with Gasteiger partial charge in [0.25, 0.3) is 5.91 Å². The van der Waals surface area contributed by atoms with Crippen LogP contribution in [0.1, 0.15) is 41.9 Å². The van der Waals surface area contributed by atoms with Gasteiger partial charge in [0.15, 0.2) is 0 Å². The van der Waals surface area contributed by atoms with Crippen LogP contribution in [0, 0.1) is 5.92 Å². The predicted octanol–water partition coefficient (Wildman–Crippen LogP) is 0.834. The van der Waals surface area contributed by atoms with E-state index < -0.39 is 0 Å². The van der Waals surface area contributed by atoms with Gasteiger partial charge in [0.1, 0.15) is 5.69 Å². The van der Waals surface area contributed by atoms with Crippen LogP contribution in [-0.4, -0.2) is 59.6 Å². The average molecular weight is 334 g/mol. The van der Waals surface area contributed by atoms with Gasteiger partial charge in [-0.3, -0.25) is 9.59 Å². The van der Waals surface area contributed by atoms with Crippen molar-refractivity contribution in [2.75, 3.05) is 33.4 Å². The highest BCUT2D eigenvalue weighted by atomic mass is 16.5. The summed E-state index contributed by atoms with van der Waals surface area (Å²) in [5.41, 5.74) is 1.45. The van der Waals surface area contributed by atoms with E-state index in [4.69, 9.17) is 4.74 Å². The average Bonchev–Trinajstić information content (AvgIpc) is 3.26. The summed E-state index contributed by atoms with van der Waals surface area (Å²) >= 11 is 0. The molecule has 2 aliphatic rings. The first-order valence-corrected chi connectivity index (χ1v) is 8.80. The van der Waals surface area contributed by atoms with Crippen molar-refractivity contribution in [2.45, 2.75) is 38.6 Å². The highest BCUT2D eigenvalue weighted by Crippen LogP contribution is 2.25. The summed E-state index contributed by atoms with van der Waals surface area (Å²) in [6, 6.07) is 0. The molecule has 1 fully saturated rings. The Morgan fingerprint density at radius 1 is 1.38 bits per heavy atom. The molecule has 1 N–H and O–H groups in total. The number of carbonyl (C=O) groups is 2. The van der Waals surface area contributed by atoms with Crippen molar-refractivity contribution in [2.24, 2.45) is 5.92 Å². The van der Waals surface area contributed by atoms with Gasteiger partial charge in [0.05, 0.1) is 17.9 Å². The number of carbonyl (C=O) groups excluding carboxylic acids is 2. The van der Waals surface area contributed by atoms with Crippen LogP contribution in [0.3, 0.4) is 0 Å². The minimum atomic E-state index is -0.135. The van der Waals surface area contributed by atoms with Crippen molar-refractivity contribution >= 4 is 11.8 Å². The maximum absolute atomic E-state index is 12.6. The molecule has 1 saturated heterocycles. The van der Waals surface area contributed by atoms with Gasteiger partial charge < -0.3 is 19.5 Å².